The van der Waals surface area contributed by atoms with Gasteiger partial charge in [0.2, 0.25) is 0 Å². The molecule has 0 aliphatic rings. The number of fused-ring (bicyclic) bond motifs is 1. The summed E-state index contributed by atoms with van der Waals surface area (Å²) in [7, 11) is 0. The third-order valence-electron chi connectivity index (χ3n) is 3.75. The number of aromatic nitrogens is 3. The number of rotatable bonds is 4. The molecule has 0 aliphatic carbocycles. The standard InChI is InChI=1S/C17H18ClN3/c1-3-15(13-7-5-4-6-8-13)21-16(11-18)20-14-10-9-12(2)19-17(14)21/h4-10,15H,3,11H2,1-2H3. The molecule has 21 heavy (non-hydrogen) atoms. The van der Waals surface area contributed by atoms with Crippen LogP contribution in [0.2, 0.25) is 0 Å². The summed E-state index contributed by atoms with van der Waals surface area (Å²) >= 11 is 6.12. The van der Waals surface area contributed by atoms with Gasteiger partial charge in [0.1, 0.15) is 11.3 Å². The minimum absolute atomic E-state index is 0.208. The molecule has 0 saturated heterocycles. The van der Waals surface area contributed by atoms with Crippen molar-refractivity contribution in [3.05, 3.63) is 59.5 Å². The Balaban J connectivity index is 2.23. The fourth-order valence-electron chi connectivity index (χ4n) is 2.78. The van der Waals surface area contributed by atoms with Crippen LogP contribution < -0.4 is 0 Å². The van der Waals surface area contributed by atoms with Gasteiger partial charge in [-0.1, -0.05) is 37.3 Å². The first-order valence-corrected chi connectivity index (χ1v) is 7.73. The van der Waals surface area contributed by atoms with E-state index in [1.54, 1.807) is 0 Å². The smallest absolute Gasteiger partial charge is 0.160 e. The number of aryl methyl sites for hydroxylation is 1. The Morgan fingerprint density at radius 3 is 2.52 bits per heavy atom. The molecule has 0 fully saturated rings. The molecule has 0 aliphatic heterocycles. The van der Waals surface area contributed by atoms with Crippen molar-refractivity contribution in [3.8, 4) is 0 Å². The highest BCUT2D eigenvalue weighted by molar-refractivity contribution is 6.16. The predicted molar refractivity (Wildman–Crippen MR) is 86.7 cm³/mol. The van der Waals surface area contributed by atoms with E-state index < -0.39 is 0 Å². The predicted octanol–water partition coefficient (Wildman–Crippen LogP) is 4.48. The van der Waals surface area contributed by atoms with E-state index >= 15 is 0 Å². The molecule has 2 heterocycles. The minimum Gasteiger partial charge on any atom is -0.304 e. The Morgan fingerprint density at radius 2 is 1.86 bits per heavy atom. The first-order valence-electron chi connectivity index (χ1n) is 7.20. The first kappa shape index (κ1) is 14.1. The molecule has 0 amide bonds. The zero-order valence-corrected chi connectivity index (χ0v) is 13.0. The third-order valence-corrected chi connectivity index (χ3v) is 3.99. The van der Waals surface area contributed by atoms with Crippen LogP contribution in [0.25, 0.3) is 11.2 Å². The quantitative estimate of drug-likeness (QED) is 0.665. The van der Waals surface area contributed by atoms with Gasteiger partial charge < -0.3 is 4.57 Å². The molecule has 4 heteroatoms. The second kappa shape index (κ2) is 5.86. The molecule has 3 rings (SSSR count). The molecule has 108 valence electrons. The van der Waals surface area contributed by atoms with Crippen LogP contribution in [0.4, 0.5) is 0 Å². The van der Waals surface area contributed by atoms with Gasteiger partial charge in [-0.2, -0.15) is 0 Å². The van der Waals surface area contributed by atoms with E-state index in [4.69, 9.17) is 11.6 Å². The normalized spacial score (nSPS) is 12.7. The minimum atomic E-state index is 0.208. The highest BCUT2D eigenvalue weighted by Gasteiger charge is 2.19. The molecule has 3 aromatic rings. The monoisotopic (exact) mass is 299 g/mol. The SMILES string of the molecule is CCC(c1ccccc1)n1c(CCl)nc2ccc(C)nc21. The largest absolute Gasteiger partial charge is 0.304 e. The zero-order valence-electron chi connectivity index (χ0n) is 12.3. The van der Waals surface area contributed by atoms with E-state index in [0.717, 1.165) is 29.1 Å². The van der Waals surface area contributed by atoms with Crippen molar-refractivity contribution in [2.24, 2.45) is 0 Å². The number of nitrogens with zero attached hydrogens (tertiary/aromatic N) is 3. The van der Waals surface area contributed by atoms with E-state index in [1.807, 2.05) is 25.1 Å². The summed E-state index contributed by atoms with van der Waals surface area (Å²) in [5, 5.41) is 0. The molecular weight excluding hydrogens is 282 g/mol. The Hall–Kier alpha value is -1.87. The van der Waals surface area contributed by atoms with Gasteiger partial charge in [-0.15, -0.1) is 11.6 Å². The summed E-state index contributed by atoms with van der Waals surface area (Å²) in [6.07, 6.45) is 0.967. The lowest BCUT2D eigenvalue weighted by Crippen LogP contribution is -2.13. The number of benzene rings is 1. The molecule has 2 aromatic heterocycles. The lowest BCUT2D eigenvalue weighted by atomic mass is 10.0. The summed E-state index contributed by atoms with van der Waals surface area (Å²) in [5.74, 6) is 1.26. The van der Waals surface area contributed by atoms with Gasteiger partial charge in [-0.25, -0.2) is 9.97 Å². The van der Waals surface area contributed by atoms with Gasteiger partial charge in [0.25, 0.3) is 0 Å². The van der Waals surface area contributed by atoms with Gasteiger partial charge in [0.05, 0.1) is 11.9 Å². The van der Waals surface area contributed by atoms with Crippen molar-refractivity contribution in [1.82, 2.24) is 14.5 Å². The highest BCUT2D eigenvalue weighted by Crippen LogP contribution is 2.28. The van der Waals surface area contributed by atoms with Crippen LogP contribution in [-0.2, 0) is 5.88 Å². The molecule has 0 bridgehead atoms. The van der Waals surface area contributed by atoms with Crippen LogP contribution in [0.1, 0.15) is 36.5 Å². The molecule has 0 radical (unpaired) electrons. The van der Waals surface area contributed by atoms with Crippen LogP contribution in [0, 0.1) is 6.92 Å². The summed E-state index contributed by atoms with van der Waals surface area (Å²) in [6, 6.07) is 14.7. The molecule has 1 unspecified atom stereocenters. The Morgan fingerprint density at radius 1 is 1.10 bits per heavy atom. The summed E-state index contributed by atoms with van der Waals surface area (Å²) in [5.41, 5.74) is 4.08. The van der Waals surface area contributed by atoms with E-state index in [9.17, 15) is 0 Å². The van der Waals surface area contributed by atoms with Crippen LogP contribution in [0.5, 0.6) is 0 Å². The Labute approximate surface area is 129 Å². The van der Waals surface area contributed by atoms with Crippen molar-refractivity contribution in [1.29, 1.82) is 0 Å². The molecule has 1 aromatic carbocycles. The molecule has 0 N–H and O–H groups in total. The van der Waals surface area contributed by atoms with Crippen LogP contribution in [-0.4, -0.2) is 14.5 Å². The summed E-state index contributed by atoms with van der Waals surface area (Å²) in [4.78, 5) is 9.32. The van der Waals surface area contributed by atoms with Gasteiger partial charge in [0, 0.05) is 5.69 Å². The summed E-state index contributed by atoms with van der Waals surface area (Å²) < 4.78 is 2.19. The van der Waals surface area contributed by atoms with E-state index in [1.165, 1.54) is 5.56 Å². The topological polar surface area (TPSA) is 30.7 Å². The highest BCUT2D eigenvalue weighted by atomic mass is 35.5. The molecule has 0 saturated carbocycles. The van der Waals surface area contributed by atoms with Crippen molar-refractivity contribution in [2.45, 2.75) is 32.2 Å². The number of alkyl halides is 1. The third kappa shape index (κ3) is 2.54. The number of hydrogen-bond acceptors (Lipinski definition) is 2. The zero-order chi connectivity index (χ0) is 14.8. The van der Waals surface area contributed by atoms with Gasteiger partial charge in [0.15, 0.2) is 5.65 Å². The second-order valence-electron chi connectivity index (χ2n) is 5.16. The van der Waals surface area contributed by atoms with E-state index in [-0.39, 0.29) is 6.04 Å². The van der Waals surface area contributed by atoms with Crippen molar-refractivity contribution < 1.29 is 0 Å². The number of hydrogen-bond donors (Lipinski definition) is 0. The molecule has 0 spiro atoms. The maximum absolute atomic E-state index is 6.12. The average Bonchev–Trinajstić information content (AvgIpc) is 2.87. The molecular formula is C17H18ClN3. The molecule has 1 atom stereocenters. The van der Waals surface area contributed by atoms with E-state index in [2.05, 4.69) is 45.7 Å². The van der Waals surface area contributed by atoms with Crippen molar-refractivity contribution in [3.63, 3.8) is 0 Å². The van der Waals surface area contributed by atoms with Crippen molar-refractivity contribution in [2.75, 3.05) is 0 Å². The maximum atomic E-state index is 6.12. The lowest BCUT2D eigenvalue weighted by molar-refractivity contribution is 0.561. The van der Waals surface area contributed by atoms with E-state index in [0.29, 0.717) is 5.88 Å². The van der Waals surface area contributed by atoms with Gasteiger partial charge in [-0.3, -0.25) is 0 Å². The van der Waals surface area contributed by atoms with Gasteiger partial charge in [-0.05, 0) is 31.0 Å². The Bertz CT molecular complexity index is 749. The second-order valence-corrected chi connectivity index (χ2v) is 5.43. The average molecular weight is 300 g/mol. The van der Waals surface area contributed by atoms with Crippen LogP contribution >= 0.6 is 11.6 Å². The lowest BCUT2D eigenvalue weighted by Gasteiger charge is -2.20. The first-order chi connectivity index (χ1) is 10.2. The van der Waals surface area contributed by atoms with Crippen LogP contribution in [0.15, 0.2) is 42.5 Å². The fourth-order valence-corrected chi connectivity index (χ4v) is 2.97. The molecule has 3 nitrogen and oxygen atoms in total. The Kier molecular flexibility index (Phi) is 3.93. The van der Waals surface area contributed by atoms with Gasteiger partial charge >= 0.3 is 0 Å². The summed E-state index contributed by atoms with van der Waals surface area (Å²) in [6.45, 7) is 4.18. The number of imidazole rings is 1. The maximum Gasteiger partial charge on any atom is 0.160 e. The number of pyridine rings is 1. The van der Waals surface area contributed by atoms with Crippen LogP contribution in [0.3, 0.4) is 0 Å². The fraction of sp³-hybridized carbons (Fsp3) is 0.294. The van der Waals surface area contributed by atoms with Crippen molar-refractivity contribution >= 4 is 22.8 Å². The number of halogens is 1.